The van der Waals surface area contributed by atoms with Crippen molar-refractivity contribution >= 4 is 5.97 Å². The molecule has 0 aromatic carbocycles. The average Bonchev–Trinajstić information content (AvgIpc) is 2.64. The first kappa shape index (κ1) is 20.7. The van der Waals surface area contributed by atoms with Crippen LogP contribution in [0.4, 0.5) is 0 Å². The molecule has 1 N–H and O–H groups in total. The molecule has 2 aliphatic rings. The van der Waals surface area contributed by atoms with E-state index in [1.54, 1.807) is 0 Å². The van der Waals surface area contributed by atoms with Gasteiger partial charge in [0.05, 0.1) is 5.92 Å². The predicted octanol–water partition coefficient (Wildman–Crippen LogP) is 5.62. The van der Waals surface area contributed by atoms with Gasteiger partial charge in [-0.3, -0.25) is 4.79 Å². The van der Waals surface area contributed by atoms with Gasteiger partial charge in [-0.1, -0.05) is 46.0 Å². The van der Waals surface area contributed by atoms with Gasteiger partial charge in [0, 0.05) is 6.04 Å². The highest BCUT2D eigenvalue weighted by Crippen LogP contribution is 2.31. The fourth-order valence-corrected chi connectivity index (χ4v) is 4.60. The van der Waals surface area contributed by atoms with Gasteiger partial charge in [-0.25, -0.2) is 0 Å². The first-order valence-electron chi connectivity index (χ1n) is 11.2. The molecule has 0 amide bonds. The Morgan fingerprint density at radius 1 is 0.880 bits per heavy atom. The summed E-state index contributed by atoms with van der Waals surface area (Å²) in [5.74, 6) is 1.13. The molecular weight excluding hydrogens is 310 g/mol. The van der Waals surface area contributed by atoms with E-state index < -0.39 is 0 Å². The van der Waals surface area contributed by atoms with Crippen molar-refractivity contribution in [3.63, 3.8) is 0 Å². The molecule has 0 heterocycles. The number of rotatable bonds is 10. The van der Waals surface area contributed by atoms with Crippen molar-refractivity contribution in [3.05, 3.63) is 0 Å². The summed E-state index contributed by atoms with van der Waals surface area (Å²) in [4.78, 5) is 12.5. The van der Waals surface area contributed by atoms with Gasteiger partial charge in [0.1, 0.15) is 6.10 Å². The number of esters is 1. The standard InChI is InChI=1S/C22H41NO2/c1-3-5-6-7-17-23-20-13-11-19(12-14-20)22(24)25-21-15-9-18(8-4-2)10-16-21/h18-21,23H,3-17H2,1-2H3. The van der Waals surface area contributed by atoms with Crippen LogP contribution < -0.4 is 5.32 Å². The van der Waals surface area contributed by atoms with Crippen LogP contribution >= 0.6 is 0 Å². The van der Waals surface area contributed by atoms with Crippen molar-refractivity contribution in [2.75, 3.05) is 6.54 Å². The van der Waals surface area contributed by atoms with E-state index in [0.717, 1.165) is 51.0 Å². The van der Waals surface area contributed by atoms with Gasteiger partial charge in [0.15, 0.2) is 0 Å². The van der Waals surface area contributed by atoms with E-state index in [2.05, 4.69) is 19.2 Å². The number of ether oxygens (including phenoxy) is 1. The van der Waals surface area contributed by atoms with Gasteiger partial charge in [0.2, 0.25) is 0 Å². The minimum absolute atomic E-state index is 0.0975. The van der Waals surface area contributed by atoms with Crippen LogP contribution in [0.15, 0.2) is 0 Å². The Labute approximate surface area is 155 Å². The summed E-state index contributed by atoms with van der Waals surface area (Å²) in [6.45, 7) is 5.66. The van der Waals surface area contributed by atoms with Crippen LogP contribution in [0.3, 0.4) is 0 Å². The lowest BCUT2D eigenvalue weighted by molar-refractivity contribution is -0.157. The lowest BCUT2D eigenvalue weighted by Gasteiger charge is -2.31. The van der Waals surface area contributed by atoms with Crippen molar-refractivity contribution in [2.24, 2.45) is 11.8 Å². The summed E-state index contributed by atoms with van der Waals surface area (Å²) in [5.41, 5.74) is 0. The zero-order chi connectivity index (χ0) is 17.9. The molecule has 3 heteroatoms. The number of hydrogen-bond donors (Lipinski definition) is 1. The maximum absolute atomic E-state index is 12.5. The Morgan fingerprint density at radius 3 is 2.24 bits per heavy atom. The highest BCUT2D eigenvalue weighted by Gasteiger charge is 2.30. The SMILES string of the molecule is CCCCCCNC1CCC(C(=O)OC2CCC(CCC)CC2)CC1. The molecule has 2 fully saturated rings. The Kier molecular flexibility index (Phi) is 9.90. The Balaban J connectivity index is 1.57. The second-order valence-corrected chi connectivity index (χ2v) is 8.43. The molecular formula is C22H41NO2. The third-order valence-electron chi connectivity index (χ3n) is 6.30. The van der Waals surface area contributed by atoms with Gasteiger partial charge < -0.3 is 10.1 Å². The quantitative estimate of drug-likeness (QED) is 0.410. The molecule has 146 valence electrons. The van der Waals surface area contributed by atoms with E-state index in [0.29, 0.717) is 6.04 Å². The Hall–Kier alpha value is -0.570. The number of carbonyl (C=O) groups is 1. The number of hydrogen-bond acceptors (Lipinski definition) is 3. The molecule has 0 aromatic rings. The molecule has 2 rings (SSSR count). The number of unbranched alkanes of at least 4 members (excludes halogenated alkanes) is 3. The third kappa shape index (κ3) is 7.68. The largest absolute Gasteiger partial charge is 0.462 e. The van der Waals surface area contributed by atoms with E-state index in [9.17, 15) is 4.79 Å². The van der Waals surface area contributed by atoms with E-state index >= 15 is 0 Å². The molecule has 3 nitrogen and oxygen atoms in total. The van der Waals surface area contributed by atoms with Gasteiger partial charge in [-0.15, -0.1) is 0 Å². The summed E-state index contributed by atoms with van der Waals surface area (Å²) >= 11 is 0. The van der Waals surface area contributed by atoms with E-state index in [1.165, 1.54) is 51.4 Å². The zero-order valence-electron chi connectivity index (χ0n) is 16.7. The minimum Gasteiger partial charge on any atom is -0.462 e. The predicted molar refractivity (Wildman–Crippen MR) is 105 cm³/mol. The Bertz CT molecular complexity index is 355. The summed E-state index contributed by atoms with van der Waals surface area (Å²) in [5, 5.41) is 3.69. The first-order valence-corrected chi connectivity index (χ1v) is 11.2. The van der Waals surface area contributed by atoms with Crippen molar-refractivity contribution in [2.45, 2.75) is 116 Å². The van der Waals surface area contributed by atoms with Crippen molar-refractivity contribution in [3.8, 4) is 0 Å². The maximum atomic E-state index is 12.5. The Morgan fingerprint density at radius 2 is 1.60 bits per heavy atom. The summed E-state index contributed by atoms with van der Waals surface area (Å²) in [6.07, 6.45) is 17.1. The second kappa shape index (κ2) is 11.9. The molecule has 0 radical (unpaired) electrons. The highest BCUT2D eigenvalue weighted by molar-refractivity contribution is 5.72. The zero-order valence-corrected chi connectivity index (χ0v) is 16.7. The fourth-order valence-electron chi connectivity index (χ4n) is 4.60. The lowest BCUT2D eigenvalue weighted by atomic mass is 9.84. The van der Waals surface area contributed by atoms with Gasteiger partial charge in [-0.05, 0) is 70.3 Å². The number of nitrogens with one attached hydrogen (secondary N) is 1. The average molecular weight is 352 g/mol. The lowest BCUT2D eigenvalue weighted by Crippen LogP contribution is -2.37. The van der Waals surface area contributed by atoms with E-state index in [-0.39, 0.29) is 18.0 Å². The normalized spacial score (nSPS) is 30.2. The summed E-state index contributed by atoms with van der Waals surface area (Å²) in [7, 11) is 0. The molecule has 0 aliphatic heterocycles. The van der Waals surface area contributed by atoms with E-state index in [1.807, 2.05) is 0 Å². The molecule has 2 saturated carbocycles. The van der Waals surface area contributed by atoms with Crippen LogP contribution in [0.2, 0.25) is 0 Å². The summed E-state index contributed by atoms with van der Waals surface area (Å²) in [6, 6.07) is 0.621. The molecule has 2 aliphatic carbocycles. The van der Waals surface area contributed by atoms with Crippen molar-refractivity contribution in [1.29, 1.82) is 0 Å². The smallest absolute Gasteiger partial charge is 0.309 e. The van der Waals surface area contributed by atoms with Crippen LogP contribution in [0.1, 0.15) is 104 Å². The molecule has 25 heavy (non-hydrogen) atoms. The van der Waals surface area contributed by atoms with Crippen LogP contribution in [0.5, 0.6) is 0 Å². The molecule has 0 bridgehead atoms. The third-order valence-corrected chi connectivity index (χ3v) is 6.30. The van der Waals surface area contributed by atoms with E-state index in [4.69, 9.17) is 4.74 Å². The number of carbonyl (C=O) groups excluding carboxylic acids is 1. The highest BCUT2D eigenvalue weighted by atomic mass is 16.5. The maximum Gasteiger partial charge on any atom is 0.309 e. The molecule has 0 atom stereocenters. The van der Waals surface area contributed by atoms with Crippen LogP contribution in [0, 0.1) is 11.8 Å². The van der Waals surface area contributed by atoms with Crippen molar-refractivity contribution in [1.82, 2.24) is 5.32 Å². The summed E-state index contributed by atoms with van der Waals surface area (Å²) < 4.78 is 5.86. The van der Waals surface area contributed by atoms with Crippen LogP contribution in [0.25, 0.3) is 0 Å². The monoisotopic (exact) mass is 351 g/mol. The molecule has 0 unspecified atom stereocenters. The van der Waals surface area contributed by atoms with Crippen LogP contribution in [-0.2, 0) is 9.53 Å². The molecule has 0 saturated heterocycles. The minimum atomic E-state index is 0.0975. The molecule has 0 spiro atoms. The first-order chi connectivity index (χ1) is 12.2. The fraction of sp³-hybridized carbons (Fsp3) is 0.955. The van der Waals surface area contributed by atoms with Gasteiger partial charge >= 0.3 is 5.97 Å². The van der Waals surface area contributed by atoms with Crippen LogP contribution in [-0.4, -0.2) is 24.7 Å². The molecule has 0 aromatic heterocycles. The van der Waals surface area contributed by atoms with Crippen molar-refractivity contribution < 1.29 is 9.53 Å². The van der Waals surface area contributed by atoms with Gasteiger partial charge in [0.25, 0.3) is 0 Å². The topological polar surface area (TPSA) is 38.3 Å². The second-order valence-electron chi connectivity index (χ2n) is 8.43. The van der Waals surface area contributed by atoms with Gasteiger partial charge in [-0.2, -0.15) is 0 Å².